The predicted molar refractivity (Wildman–Crippen MR) is 97.1 cm³/mol. The van der Waals surface area contributed by atoms with Gasteiger partial charge in [0.05, 0.1) is 0 Å². The highest BCUT2D eigenvalue weighted by Gasteiger charge is 2.10. The van der Waals surface area contributed by atoms with Gasteiger partial charge < -0.3 is 10.5 Å². The minimum Gasteiger partial charge on any atom is -0.383 e. The summed E-state index contributed by atoms with van der Waals surface area (Å²) in [5.74, 6) is 7.48. The normalized spacial score (nSPS) is 16.7. The largest absolute Gasteiger partial charge is 0.383 e. The topological polar surface area (TPSA) is 72.9 Å². The summed E-state index contributed by atoms with van der Waals surface area (Å²) in [5, 5.41) is 2.14. The minimum atomic E-state index is 0.347. The molecule has 1 aromatic heterocycles. The number of hydrogen-bond acceptors (Lipinski definition) is 3. The summed E-state index contributed by atoms with van der Waals surface area (Å²) in [6.07, 6.45) is 5.51. The quantitative estimate of drug-likeness (QED) is 0.498. The lowest BCUT2D eigenvalue weighted by Crippen LogP contribution is -2.16. The Labute approximate surface area is 141 Å². The lowest BCUT2D eigenvalue weighted by molar-refractivity contribution is 0.0807. The number of ether oxygens (including phenoxy) is 1. The molecule has 1 aliphatic rings. The molecule has 2 heterocycles. The van der Waals surface area contributed by atoms with E-state index in [0.29, 0.717) is 17.6 Å². The number of amidine groups is 2. The number of aromatic nitrogens is 1. The molecule has 2 N–H and O–H groups in total. The number of nitrogens with zero attached hydrogens (tertiary/aromatic N) is 3. The van der Waals surface area contributed by atoms with Crippen molar-refractivity contribution in [3.8, 4) is 11.8 Å². The second-order valence-corrected chi connectivity index (χ2v) is 5.64. The first-order valence-corrected chi connectivity index (χ1v) is 8.00. The van der Waals surface area contributed by atoms with E-state index < -0.39 is 0 Å². The number of fused-ring (bicyclic) bond motifs is 1. The molecule has 2 aromatic rings. The lowest BCUT2D eigenvalue weighted by atomic mass is 10.0. The van der Waals surface area contributed by atoms with Gasteiger partial charge in [0.25, 0.3) is 0 Å². The van der Waals surface area contributed by atoms with Crippen molar-refractivity contribution >= 4 is 22.4 Å². The highest BCUT2D eigenvalue weighted by molar-refractivity contribution is 6.11. The van der Waals surface area contributed by atoms with Crippen LogP contribution >= 0.6 is 0 Å². The van der Waals surface area contributed by atoms with E-state index >= 15 is 0 Å². The Hall–Kier alpha value is -2.71. The molecular weight excluding hydrogens is 300 g/mol. The minimum absolute atomic E-state index is 0.347. The molecule has 1 saturated heterocycles. The Kier molecular flexibility index (Phi) is 5.19. The second kappa shape index (κ2) is 7.71. The van der Waals surface area contributed by atoms with Crippen LogP contribution in [0.5, 0.6) is 0 Å². The van der Waals surface area contributed by atoms with Crippen LogP contribution in [0.2, 0.25) is 0 Å². The van der Waals surface area contributed by atoms with Crippen molar-refractivity contribution < 1.29 is 4.74 Å². The van der Waals surface area contributed by atoms with E-state index in [-0.39, 0.29) is 0 Å². The number of aliphatic imine (C=N–C) groups is 2. The first-order chi connectivity index (χ1) is 11.8. The summed E-state index contributed by atoms with van der Waals surface area (Å²) in [6, 6.07) is 7.86. The molecule has 0 spiro atoms. The third kappa shape index (κ3) is 3.98. The summed E-state index contributed by atoms with van der Waals surface area (Å²) in [7, 11) is 1.68. The van der Waals surface area contributed by atoms with Crippen molar-refractivity contribution in [1.29, 1.82) is 0 Å². The SMILES string of the molecule is CN=C(C#CC1CCOCC1)N=C(N)c1ccc2cnccc2c1. The van der Waals surface area contributed by atoms with E-state index in [1.165, 1.54) is 0 Å². The van der Waals surface area contributed by atoms with Crippen molar-refractivity contribution in [3.63, 3.8) is 0 Å². The molecular formula is C19H20N4O. The molecule has 1 aliphatic heterocycles. The van der Waals surface area contributed by atoms with Crippen LogP contribution in [0, 0.1) is 17.8 Å². The summed E-state index contributed by atoms with van der Waals surface area (Å²) in [6.45, 7) is 1.55. The van der Waals surface area contributed by atoms with E-state index in [9.17, 15) is 0 Å². The van der Waals surface area contributed by atoms with Crippen molar-refractivity contribution in [1.82, 2.24) is 4.98 Å². The zero-order valence-electron chi connectivity index (χ0n) is 13.7. The average molecular weight is 320 g/mol. The Bertz CT molecular complexity index is 839. The number of hydrogen-bond donors (Lipinski definition) is 1. The fourth-order valence-electron chi connectivity index (χ4n) is 2.56. The van der Waals surface area contributed by atoms with Crippen LogP contribution in [-0.4, -0.2) is 36.9 Å². The molecule has 0 radical (unpaired) electrons. The van der Waals surface area contributed by atoms with Crippen LogP contribution in [0.4, 0.5) is 0 Å². The molecule has 0 atom stereocenters. The molecule has 24 heavy (non-hydrogen) atoms. The second-order valence-electron chi connectivity index (χ2n) is 5.64. The maximum absolute atomic E-state index is 6.14. The van der Waals surface area contributed by atoms with Crippen LogP contribution in [-0.2, 0) is 4.74 Å². The number of pyridine rings is 1. The molecule has 122 valence electrons. The molecule has 1 aromatic carbocycles. The smallest absolute Gasteiger partial charge is 0.201 e. The molecule has 1 fully saturated rings. The Morgan fingerprint density at radius 1 is 1.25 bits per heavy atom. The summed E-state index contributed by atoms with van der Waals surface area (Å²) in [5.41, 5.74) is 6.99. The van der Waals surface area contributed by atoms with Crippen molar-refractivity contribution in [2.24, 2.45) is 21.6 Å². The lowest BCUT2D eigenvalue weighted by Gasteiger charge is -2.16. The average Bonchev–Trinajstić information content (AvgIpc) is 2.65. The zero-order valence-corrected chi connectivity index (χ0v) is 13.7. The van der Waals surface area contributed by atoms with Crippen molar-refractivity contribution in [3.05, 3.63) is 42.2 Å². The maximum Gasteiger partial charge on any atom is 0.201 e. The Morgan fingerprint density at radius 2 is 2.08 bits per heavy atom. The molecule has 5 heteroatoms. The molecule has 0 bridgehead atoms. The maximum atomic E-state index is 6.14. The molecule has 0 aliphatic carbocycles. The van der Waals surface area contributed by atoms with E-state index in [0.717, 1.165) is 42.4 Å². The van der Waals surface area contributed by atoms with Gasteiger partial charge >= 0.3 is 0 Å². The first kappa shape index (κ1) is 16.2. The van der Waals surface area contributed by atoms with E-state index in [2.05, 4.69) is 26.8 Å². The number of rotatable bonds is 1. The molecule has 0 amide bonds. The Balaban J connectivity index is 1.80. The predicted octanol–water partition coefficient (Wildman–Crippen LogP) is 2.40. The van der Waals surface area contributed by atoms with Crippen LogP contribution in [0.25, 0.3) is 10.8 Å². The van der Waals surface area contributed by atoms with Crippen LogP contribution in [0.15, 0.2) is 46.6 Å². The van der Waals surface area contributed by atoms with Gasteiger partial charge in [0.15, 0.2) is 0 Å². The van der Waals surface area contributed by atoms with Gasteiger partial charge in [-0.1, -0.05) is 18.1 Å². The van der Waals surface area contributed by atoms with Gasteiger partial charge in [-0.05, 0) is 36.3 Å². The third-order valence-corrected chi connectivity index (χ3v) is 3.98. The molecule has 0 saturated carbocycles. The van der Waals surface area contributed by atoms with Gasteiger partial charge in [0.1, 0.15) is 5.84 Å². The van der Waals surface area contributed by atoms with Gasteiger partial charge in [-0.2, -0.15) is 0 Å². The van der Waals surface area contributed by atoms with Crippen molar-refractivity contribution in [2.45, 2.75) is 12.8 Å². The fourth-order valence-corrected chi connectivity index (χ4v) is 2.56. The first-order valence-electron chi connectivity index (χ1n) is 8.00. The zero-order chi connectivity index (χ0) is 16.8. The van der Waals surface area contributed by atoms with Crippen molar-refractivity contribution in [2.75, 3.05) is 20.3 Å². The highest BCUT2D eigenvalue weighted by Crippen LogP contribution is 2.15. The van der Waals surface area contributed by atoms with E-state index in [1.807, 2.05) is 30.5 Å². The molecule has 0 unspecified atom stereocenters. The molecule has 5 nitrogen and oxygen atoms in total. The summed E-state index contributed by atoms with van der Waals surface area (Å²) >= 11 is 0. The van der Waals surface area contributed by atoms with Gasteiger partial charge in [0.2, 0.25) is 5.84 Å². The van der Waals surface area contributed by atoms with Crippen LogP contribution in [0.1, 0.15) is 18.4 Å². The fraction of sp³-hybridized carbons (Fsp3) is 0.316. The standard InChI is InChI=1S/C19H20N4O/c1-21-18(5-2-14-7-10-24-11-8-14)23-19(20)16-3-4-17-13-22-9-6-15(17)12-16/h3-4,6,9,12-14H,7-8,10-11H2,1H3,(H2,20,21,23). The van der Waals surface area contributed by atoms with Gasteiger partial charge in [-0.15, -0.1) is 0 Å². The van der Waals surface area contributed by atoms with Gasteiger partial charge in [0, 0.05) is 49.5 Å². The summed E-state index contributed by atoms with van der Waals surface area (Å²) in [4.78, 5) is 12.6. The van der Waals surface area contributed by atoms with Gasteiger partial charge in [-0.25, -0.2) is 4.99 Å². The Morgan fingerprint density at radius 3 is 2.88 bits per heavy atom. The number of benzene rings is 1. The summed E-state index contributed by atoms with van der Waals surface area (Å²) < 4.78 is 5.34. The highest BCUT2D eigenvalue weighted by atomic mass is 16.5. The van der Waals surface area contributed by atoms with Crippen LogP contribution in [0.3, 0.4) is 0 Å². The van der Waals surface area contributed by atoms with E-state index in [4.69, 9.17) is 10.5 Å². The van der Waals surface area contributed by atoms with Crippen LogP contribution < -0.4 is 5.73 Å². The van der Waals surface area contributed by atoms with Gasteiger partial charge in [-0.3, -0.25) is 9.98 Å². The van der Waals surface area contributed by atoms with E-state index in [1.54, 1.807) is 13.2 Å². The monoisotopic (exact) mass is 320 g/mol. The molecule has 3 rings (SSSR count). The third-order valence-electron chi connectivity index (χ3n) is 3.98. The number of nitrogens with two attached hydrogens (primary N) is 1.